The number of anilines is 2. The van der Waals surface area contributed by atoms with Crippen LogP contribution in [0.4, 0.5) is 16.0 Å². The standard InChI is InChI=1S/C16H20FN5S/c1-11-12(2)19-16(23-3)20-14(11)21-7-9-22(10-8-21)15-13(17)5-4-6-18-15/h4-6H,7-10H2,1-3H3. The lowest BCUT2D eigenvalue weighted by Gasteiger charge is -2.36. The van der Waals surface area contributed by atoms with Crippen LogP contribution in [0.1, 0.15) is 11.3 Å². The third kappa shape index (κ3) is 3.24. The van der Waals surface area contributed by atoms with Crippen LogP contribution in [0.5, 0.6) is 0 Å². The number of hydrogen-bond donors (Lipinski definition) is 0. The number of pyridine rings is 1. The van der Waals surface area contributed by atoms with Crippen LogP contribution in [0.2, 0.25) is 0 Å². The van der Waals surface area contributed by atoms with E-state index in [4.69, 9.17) is 0 Å². The van der Waals surface area contributed by atoms with E-state index in [2.05, 4.69) is 26.8 Å². The van der Waals surface area contributed by atoms with Crippen LogP contribution < -0.4 is 9.80 Å². The third-order valence-corrected chi connectivity index (χ3v) is 4.69. The molecule has 2 aromatic rings. The molecule has 122 valence electrons. The van der Waals surface area contributed by atoms with Crippen molar-refractivity contribution in [2.75, 3.05) is 42.2 Å². The van der Waals surface area contributed by atoms with Gasteiger partial charge in [0.25, 0.3) is 0 Å². The maximum absolute atomic E-state index is 13.9. The predicted molar refractivity (Wildman–Crippen MR) is 91.9 cm³/mol. The third-order valence-electron chi connectivity index (χ3n) is 4.14. The van der Waals surface area contributed by atoms with Gasteiger partial charge in [-0.1, -0.05) is 11.8 Å². The molecule has 0 radical (unpaired) electrons. The van der Waals surface area contributed by atoms with Gasteiger partial charge in [-0.3, -0.25) is 0 Å². The van der Waals surface area contributed by atoms with Gasteiger partial charge in [0.15, 0.2) is 16.8 Å². The molecule has 1 saturated heterocycles. The van der Waals surface area contributed by atoms with Crippen molar-refractivity contribution in [3.05, 3.63) is 35.4 Å². The average Bonchev–Trinajstić information content (AvgIpc) is 2.58. The van der Waals surface area contributed by atoms with Crippen molar-refractivity contribution in [2.24, 2.45) is 0 Å². The van der Waals surface area contributed by atoms with Crippen LogP contribution in [0.15, 0.2) is 23.5 Å². The molecular formula is C16H20FN5S. The number of hydrogen-bond acceptors (Lipinski definition) is 6. The molecule has 1 fully saturated rings. The molecule has 1 aliphatic heterocycles. The predicted octanol–water partition coefficient (Wildman–Crippen LogP) is 2.68. The monoisotopic (exact) mass is 333 g/mol. The Kier molecular flexibility index (Phi) is 4.66. The van der Waals surface area contributed by atoms with Crippen molar-refractivity contribution in [3.63, 3.8) is 0 Å². The highest BCUT2D eigenvalue weighted by molar-refractivity contribution is 7.98. The topological polar surface area (TPSA) is 45.2 Å². The minimum absolute atomic E-state index is 0.264. The molecule has 0 aromatic carbocycles. The highest BCUT2D eigenvalue weighted by Gasteiger charge is 2.23. The molecule has 0 N–H and O–H groups in total. The molecule has 3 heterocycles. The van der Waals surface area contributed by atoms with Gasteiger partial charge < -0.3 is 9.80 Å². The first kappa shape index (κ1) is 16.0. The number of aryl methyl sites for hydroxylation is 1. The van der Waals surface area contributed by atoms with E-state index >= 15 is 0 Å². The fraction of sp³-hybridized carbons (Fsp3) is 0.438. The van der Waals surface area contributed by atoms with Crippen molar-refractivity contribution in [2.45, 2.75) is 19.0 Å². The lowest BCUT2D eigenvalue weighted by molar-refractivity contribution is 0.585. The van der Waals surface area contributed by atoms with Gasteiger partial charge in [0.1, 0.15) is 5.82 Å². The Morgan fingerprint density at radius 1 is 1.04 bits per heavy atom. The summed E-state index contributed by atoms with van der Waals surface area (Å²) in [4.78, 5) is 17.5. The Bertz CT molecular complexity index is 701. The second kappa shape index (κ2) is 6.70. The first-order valence-electron chi connectivity index (χ1n) is 7.60. The summed E-state index contributed by atoms with van der Waals surface area (Å²) in [5, 5.41) is 0.793. The molecule has 0 unspecified atom stereocenters. The number of aromatic nitrogens is 3. The number of thioether (sulfide) groups is 1. The maximum Gasteiger partial charge on any atom is 0.189 e. The van der Waals surface area contributed by atoms with Crippen molar-refractivity contribution < 1.29 is 4.39 Å². The molecule has 5 nitrogen and oxygen atoms in total. The first-order valence-corrected chi connectivity index (χ1v) is 8.82. The molecule has 0 bridgehead atoms. The van der Waals surface area contributed by atoms with E-state index in [1.807, 2.05) is 18.1 Å². The van der Waals surface area contributed by atoms with Crippen molar-refractivity contribution in [1.82, 2.24) is 15.0 Å². The highest BCUT2D eigenvalue weighted by atomic mass is 32.2. The normalized spacial score (nSPS) is 15.1. The molecule has 0 saturated carbocycles. The molecule has 0 amide bonds. The summed E-state index contributed by atoms with van der Waals surface area (Å²) in [5.41, 5.74) is 2.12. The Balaban J connectivity index is 1.77. The molecule has 3 rings (SSSR count). The van der Waals surface area contributed by atoms with E-state index in [0.717, 1.165) is 48.4 Å². The molecule has 23 heavy (non-hydrogen) atoms. The Morgan fingerprint density at radius 2 is 1.70 bits per heavy atom. The summed E-state index contributed by atoms with van der Waals surface area (Å²) in [5.74, 6) is 1.16. The van der Waals surface area contributed by atoms with Gasteiger partial charge in [-0.15, -0.1) is 0 Å². The molecule has 7 heteroatoms. The summed E-state index contributed by atoms with van der Waals surface area (Å²) in [6.07, 6.45) is 3.61. The smallest absolute Gasteiger partial charge is 0.189 e. The summed E-state index contributed by atoms with van der Waals surface area (Å²) in [7, 11) is 0. The molecule has 0 atom stereocenters. The summed E-state index contributed by atoms with van der Waals surface area (Å²) in [6, 6.07) is 3.07. The SMILES string of the molecule is CSc1nc(C)c(C)c(N2CCN(c3ncccc3F)CC2)n1. The van der Waals surface area contributed by atoms with E-state index in [1.165, 1.54) is 6.07 Å². The molecular weight excluding hydrogens is 313 g/mol. The highest BCUT2D eigenvalue weighted by Crippen LogP contribution is 2.25. The van der Waals surface area contributed by atoms with Gasteiger partial charge in [0.05, 0.1) is 0 Å². The zero-order chi connectivity index (χ0) is 16.4. The van der Waals surface area contributed by atoms with E-state index < -0.39 is 0 Å². The zero-order valence-electron chi connectivity index (χ0n) is 13.6. The van der Waals surface area contributed by atoms with Crippen LogP contribution in [-0.2, 0) is 0 Å². The minimum atomic E-state index is -0.264. The second-order valence-electron chi connectivity index (χ2n) is 5.53. The van der Waals surface area contributed by atoms with Gasteiger partial charge in [-0.2, -0.15) is 0 Å². The summed E-state index contributed by atoms with van der Waals surface area (Å²) >= 11 is 1.55. The fourth-order valence-electron chi connectivity index (χ4n) is 2.73. The van der Waals surface area contributed by atoms with Crippen LogP contribution in [0.25, 0.3) is 0 Å². The van der Waals surface area contributed by atoms with E-state index in [0.29, 0.717) is 5.82 Å². The van der Waals surface area contributed by atoms with Crippen LogP contribution in [-0.4, -0.2) is 47.4 Å². The van der Waals surface area contributed by atoms with Crippen molar-refractivity contribution >= 4 is 23.4 Å². The maximum atomic E-state index is 13.9. The lowest BCUT2D eigenvalue weighted by Crippen LogP contribution is -2.47. The summed E-state index contributed by atoms with van der Waals surface area (Å²) in [6.45, 7) is 7.11. The molecule has 1 aliphatic rings. The number of rotatable bonds is 3. The van der Waals surface area contributed by atoms with Gasteiger partial charge in [-0.05, 0) is 32.2 Å². The number of piperazine rings is 1. The largest absolute Gasteiger partial charge is 0.353 e. The van der Waals surface area contributed by atoms with E-state index in [1.54, 1.807) is 24.0 Å². The molecule has 0 aliphatic carbocycles. The van der Waals surface area contributed by atoms with Crippen LogP contribution >= 0.6 is 11.8 Å². The Morgan fingerprint density at radius 3 is 2.30 bits per heavy atom. The van der Waals surface area contributed by atoms with Gasteiger partial charge >= 0.3 is 0 Å². The molecule has 0 spiro atoms. The Hall–Kier alpha value is -1.89. The number of halogens is 1. The van der Waals surface area contributed by atoms with E-state index in [-0.39, 0.29) is 5.82 Å². The van der Waals surface area contributed by atoms with E-state index in [9.17, 15) is 4.39 Å². The van der Waals surface area contributed by atoms with Gasteiger partial charge in [0.2, 0.25) is 0 Å². The zero-order valence-corrected chi connectivity index (χ0v) is 14.4. The quantitative estimate of drug-likeness (QED) is 0.636. The average molecular weight is 333 g/mol. The van der Waals surface area contributed by atoms with Crippen molar-refractivity contribution in [3.8, 4) is 0 Å². The van der Waals surface area contributed by atoms with Crippen molar-refractivity contribution in [1.29, 1.82) is 0 Å². The van der Waals surface area contributed by atoms with Crippen LogP contribution in [0, 0.1) is 19.7 Å². The second-order valence-corrected chi connectivity index (χ2v) is 6.30. The Labute approximate surface area is 140 Å². The molecule has 2 aromatic heterocycles. The van der Waals surface area contributed by atoms with Gasteiger partial charge in [-0.25, -0.2) is 19.3 Å². The van der Waals surface area contributed by atoms with Crippen LogP contribution in [0.3, 0.4) is 0 Å². The summed E-state index contributed by atoms with van der Waals surface area (Å²) < 4.78 is 13.9. The minimum Gasteiger partial charge on any atom is -0.353 e. The first-order chi connectivity index (χ1) is 11.1. The number of nitrogens with zero attached hydrogens (tertiary/aromatic N) is 5. The fourth-order valence-corrected chi connectivity index (χ4v) is 3.13. The van der Waals surface area contributed by atoms with Gasteiger partial charge in [0, 0.05) is 43.6 Å². The lowest BCUT2D eigenvalue weighted by atomic mass is 10.2.